The second kappa shape index (κ2) is 3.52. The van der Waals surface area contributed by atoms with E-state index in [-0.39, 0.29) is 10.9 Å². The number of carboxylic acids is 1. The van der Waals surface area contributed by atoms with Gasteiger partial charge in [-0.05, 0) is 29.3 Å². The van der Waals surface area contributed by atoms with Crippen LogP contribution in [0.25, 0.3) is 11.1 Å². The Balaban J connectivity index is 2.50. The summed E-state index contributed by atoms with van der Waals surface area (Å²) in [6.45, 7) is 0. The van der Waals surface area contributed by atoms with Crippen molar-refractivity contribution in [2.24, 2.45) is 0 Å². The predicted octanol–water partition coefficient (Wildman–Crippen LogP) is 1.60. The lowest BCUT2D eigenvalue weighted by atomic mass is 10.1. The van der Waals surface area contributed by atoms with Gasteiger partial charge < -0.3 is 14.6 Å². The van der Waals surface area contributed by atoms with Crippen LogP contribution in [-0.2, 0) is 4.79 Å². The molecule has 0 amide bonds. The van der Waals surface area contributed by atoms with Gasteiger partial charge in [0.1, 0.15) is 5.52 Å². The zero-order valence-electron chi connectivity index (χ0n) is 7.35. The number of benzene rings is 1. The third kappa shape index (κ3) is 1.79. The molecule has 0 spiro atoms. The SMILES string of the molecule is O=C(O)C(O)c1ccc2oc(Cl)nc2c1. The molecule has 0 fully saturated rings. The van der Waals surface area contributed by atoms with Gasteiger partial charge in [-0.25, -0.2) is 4.79 Å². The molecule has 2 N–H and O–H groups in total. The number of hydrogen-bond acceptors (Lipinski definition) is 4. The van der Waals surface area contributed by atoms with E-state index in [1.807, 2.05) is 0 Å². The van der Waals surface area contributed by atoms with Crippen molar-refractivity contribution in [3.05, 3.63) is 29.1 Å². The molecule has 1 aromatic heterocycles. The summed E-state index contributed by atoms with van der Waals surface area (Å²) < 4.78 is 4.99. The fraction of sp³-hybridized carbons (Fsp3) is 0.111. The number of hydrogen-bond donors (Lipinski definition) is 2. The Labute approximate surface area is 88.9 Å². The largest absolute Gasteiger partial charge is 0.479 e. The summed E-state index contributed by atoms with van der Waals surface area (Å²) in [6, 6.07) is 4.38. The first kappa shape index (κ1) is 9.95. The molecule has 1 atom stereocenters. The van der Waals surface area contributed by atoms with Crippen molar-refractivity contribution < 1.29 is 19.4 Å². The maximum absolute atomic E-state index is 10.5. The number of halogens is 1. The Hall–Kier alpha value is -1.59. The van der Waals surface area contributed by atoms with Gasteiger partial charge in [0, 0.05) is 0 Å². The first-order valence-corrected chi connectivity index (χ1v) is 4.42. The topological polar surface area (TPSA) is 83.6 Å². The number of carbonyl (C=O) groups is 1. The molecule has 15 heavy (non-hydrogen) atoms. The van der Waals surface area contributed by atoms with E-state index in [0.717, 1.165) is 0 Å². The van der Waals surface area contributed by atoms with Gasteiger partial charge in [-0.15, -0.1) is 0 Å². The standard InChI is InChI=1S/C9H6ClNO4/c10-9-11-5-3-4(7(12)8(13)14)1-2-6(5)15-9/h1-3,7,12H,(H,13,14). The predicted molar refractivity (Wildman–Crippen MR) is 51.6 cm³/mol. The Bertz CT molecular complexity index is 522. The molecule has 78 valence electrons. The fourth-order valence-electron chi connectivity index (χ4n) is 1.23. The minimum atomic E-state index is -1.56. The third-order valence-electron chi connectivity index (χ3n) is 1.94. The van der Waals surface area contributed by atoms with Gasteiger partial charge in [0.15, 0.2) is 11.7 Å². The molecule has 1 aromatic carbocycles. The molecule has 1 unspecified atom stereocenters. The second-order valence-electron chi connectivity index (χ2n) is 2.93. The summed E-state index contributed by atoms with van der Waals surface area (Å²) in [5.74, 6) is -1.32. The number of nitrogens with zero attached hydrogens (tertiary/aromatic N) is 1. The van der Waals surface area contributed by atoms with Gasteiger partial charge in [0.05, 0.1) is 0 Å². The Kier molecular flexibility index (Phi) is 2.34. The van der Waals surface area contributed by atoms with E-state index in [4.69, 9.17) is 21.1 Å². The van der Waals surface area contributed by atoms with E-state index in [9.17, 15) is 9.90 Å². The monoisotopic (exact) mass is 227 g/mol. The highest BCUT2D eigenvalue weighted by Gasteiger charge is 2.17. The zero-order valence-corrected chi connectivity index (χ0v) is 8.10. The maximum atomic E-state index is 10.5. The number of oxazole rings is 1. The minimum Gasteiger partial charge on any atom is -0.479 e. The first-order chi connectivity index (χ1) is 7.08. The van der Waals surface area contributed by atoms with Crippen molar-refractivity contribution in [2.75, 3.05) is 0 Å². The van der Waals surface area contributed by atoms with Crippen LogP contribution in [-0.4, -0.2) is 21.2 Å². The van der Waals surface area contributed by atoms with E-state index in [0.29, 0.717) is 11.1 Å². The van der Waals surface area contributed by atoms with Crippen molar-refractivity contribution in [3.63, 3.8) is 0 Å². The van der Waals surface area contributed by atoms with Crippen molar-refractivity contribution >= 4 is 28.7 Å². The van der Waals surface area contributed by atoms with E-state index >= 15 is 0 Å². The number of aromatic nitrogens is 1. The number of carboxylic acid groups (broad SMARTS) is 1. The number of aliphatic carboxylic acids is 1. The quantitative estimate of drug-likeness (QED) is 0.814. The van der Waals surface area contributed by atoms with E-state index in [1.54, 1.807) is 0 Å². The summed E-state index contributed by atoms with van der Waals surface area (Å²) in [4.78, 5) is 14.3. The number of rotatable bonds is 2. The van der Waals surface area contributed by atoms with Gasteiger partial charge in [-0.3, -0.25) is 0 Å². The van der Waals surface area contributed by atoms with Gasteiger partial charge in [-0.1, -0.05) is 6.07 Å². The fourth-order valence-corrected chi connectivity index (χ4v) is 1.40. The summed E-state index contributed by atoms with van der Waals surface area (Å²) in [5, 5.41) is 17.8. The maximum Gasteiger partial charge on any atom is 0.337 e. The Morgan fingerprint density at radius 3 is 2.93 bits per heavy atom. The Morgan fingerprint density at radius 2 is 2.27 bits per heavy atom. The normalized spacial score (nSPS) is 12.9. The Morgan fingerprint density at radius 1 is 1.53 bits per heavy atom. The first-order valence-electron chi connectivity index (χ1n) is 4.05. The lowest BCUT2D eigenvalue weighted by Crippen LogP contribution is -2.10. The molecule has 1 heterocycles. The molecular weight excluding hydrogens is 222 g/mol. The van der Waals surface area contributed by atoms with Gasteiger partial charge in [0.2, 0.25) is 0 Å². The molecule has 0 aliphatic heterocycles. The summed E-state index contributed by atoms with van der Waals surface area (Å²) in [5.41, 5.74) is 1.10. The zero-order chi connectivity index (χ0) is 11.0. The summed E-state index contributed by atoms with van der Waals surface area (Å²) >= 11 is 5.52. The number of aliphatic hydroxyl groups is 1. The van der Waals surface area contributed by atoms with Crippen molar-refractivity contribution in [2.45, 2.75) is 6.10 Å². The number of aliphatic hydroxyl groups excluding tert-OH is 1. The molecular formula is C9H6ClNO4. The van der Waals surface area contributed by atoms with E-state index in [1.165, 1.54) is 18.2 Å². The highest BCUT2D eigenvalue weighted by molar-refractivity contribution is 6.28. The van der Waals surface area contributed by atoms with Crippen molar-refractivity contribution in [1.82, 2.24) is 4.98 Å². The van der Waals surface area contributed by atoms with Crippen LogP contribution in [0, 0.1) is 0 Å². The molecule has 2 rings (SSSR count). The second-order valence-corrected chi connectivity index (χ2v) is 3.26. The minimum absolute atomic E-state index is 0.0213. The molecule has 5 nitrogen and oxygen atoms in total. The van der Waals surface area contributed by atoms with Crippen LogP contribution >= 0.6 is 11.6 Å². The van der Waals surface area contributed by atoms with E-state index < -0.39 is 12.1 Å². The van der Waals surface area contributed by atoms with Crippen LogP contribution in [0.15, 0.2) is 22.6 Å². The number of fused-ring (bicyclic) bond motifs is 1. The van der Waals surface area contributed by atoms with Crippen molar-refractivity contribution in [3.8, 4) is 0 Å². The molecule has 2 aromatic rings. The lowest BCUT2D eigenvalue weighted by molar-refractivity contribution is -0.146. The van der Waals surface area contributed by atoms with Gasteiger partial charge in [0.25, 0.3) is 5.35 Å². The van der Waals surface area contributed by atoms with Crippen LogP contribution in [0.5, 0.6) is 0 Å². The average molecular weight is 228 g/mol. The van der Waals surface area contributed by atoms with Crippen LogP contribution in [0.1, 0.15) is 11.7 Å². The molecule has 0 saturated carbocycles. The van der Waals surface area contributed by atoms with Crippen molar-refractivity contribution in [1.29, 1.82) is 0 Å². The van der Waals surface area contributed by atoms with Crippen LogP contribution in [0.3, 0.4) is 0 Å². The smallest absolute Gasteiger partial charge is 0.337 e. The molecule has 0 aliphatic rings. The van der Waals surface area contributed by atoms with Crippen LogP contribution in [0.4, 0.5) is 0 Å². The lowest BCUT2D eigenvalue weighted by Gasteiger charge is -2.03. The average Bonchev–Trinajstić information content (AvgIpc) is 2.55. The van der Waals surface area contributed by atoms with Crippen LogP contribution in [0.2, 0.25) is 5.35 Å². The van der Waals surface area contributed by atoms with Crippen LogP contribution < -0.4 is 0 Å². The highest BCUT2D eigenvalue weighted by Crippen LogP contribution is 2.23. The molecule has 0 saturated heterocycles. The third-order valence-corrected chi connectivity index (χ3v) is 2.10. The van der Waals surface area contributed by atoms with E-state index in [2.05, 4.69) is 4.98 Å². The molecule has 0 aliphatic carbocycles. The molecule has 6 heteroatoms. The molecule has 0 radical (unpaired) electrons. The van der Waals surface area contributed by atoms with Gasteiger partial charge >= 0.3 is 5.97 Å². The summed E-state index contributed by atoms with van der Waals surface area (Å²) in [7, 11) is 0. The van der Waals surface area contributed by atoms with Gasteiger partial charge in [-0.2, -0.15) is 4.98 Å². The molecule has 0 bridgehead atoms. The summed E-state index contributed by atoms with van der Waals surface area (Å²) in [6.07, 6.45) is -1.56. The highest BCUT2D eigenvalue weighted by atomic mass is 35.5.